The molecule has 2 aromatic heterocycles. The molecule has 3 heterocycles. The Labute approximate surface area is 147 Å². The van der Waals surface area contributed by atoms with Gasteiger partial charge in [-0.1, -0.05) is 18.2 Å². The lowest BCUT2D eigenvalue weighted by atomic mass is 10.1. The van der Waals surface area contributed by atoms with Crippen LogP contribution < -0.4 is 0 Å². The van der Waals surface area contributed by atoms with Crippen LogP contribution in [0.15, 0.2) is 36.7 Å². The Hall–Kier alpha value is -2.56. The maximum atomic E-state index is 12.6. The second-order valence-electron chi connectivity index (χ2n) is 7.04. The number of hydrogen-bond acceptors (Lipinski definition) is 2. The van der Waals surface area contributed by atoms with Crippen molar-refractivity contribution in [2.45, 2.75) is 32.1 Å². The van der Waals surface area contributed by atoms with Crippen molar-refractivity contribution in [1.82, 2.24) is 19.4 Å². The lowest BCUT2D eigenvalue weighted by Gasteiger charge is -2.16. The first kappa shape index (κ1) is 15.9. The van der Waals surface area contributed by atoms with Gasteiger partial charge in [-0.15, -0.1) is 0 Å². The van der Waals surface area contributed by atoms with E-state index >= 15 is 0 Å². The summed E-state index contributed by atoms with van der Waals surface area (Å²) >= 11 is 0. The second-order valence-corrected chi connectivity index (χ2v) is 7.04. The Morgan fingerprint density at radius 2 is 2.20 bits per heavy atom. The predicted molar refractivity (Wildman–Crippen MR) is 98.5 cm³/mol. The van der Waals surface area contributed by atoms with Crippen LogP contribution in [0.25, 0.3) is 10.9 Å². The minimum atomic E-state index is 0.249. The van der Waals surface area contributed by atoms with Gasteiger partial charge in [0.2, 0.25) is 5.91 Å². The minimum absolute atomic E-state index is 0.249. The van der Waals surface area contributed by atoms with E-state index in [0.717, 1.165) is 43.0 Å². The number of rotatable bonds is 4. The molecule has 25 heavy (non-hydrogen) atoms. The quantitative estimate of drug-likeness (QED) is 0.796. The van der Waals surface area contributed by atoms with Crippen molar-refractivity contribution in [2.24, 2.45) is 7.05 Å². The Kier molecular flexibility index (Phi) is 4.07. The zero-order valence-corrected chi connectivity index (χ0v) is 14.8. The summed E-state index contributed by atoms with van der Waals surface area (Å²) in [5, 5.41) is 1.22. The number of para-hydroxylation sites is 1. The number of fused-ring (bicyclic) bond motifs is 1. The van der Waals surface area contributed by atoms with E-state index < -0.39 is 0 Å². The number of H-pyrrole nitrogens is 1. The molecule has 1 aliphatic heterocycles. The van der Waals surface area contributed by atoms with Crippen LogP contribution in [0.3, 0.4) is 0 Å². The normalized spacial score (nSPS) is 17.5. The fraction of sp³-hybridized carbons (Fsp3) is 0.400. The molecule has 1 unspecified atom stereocenters. The molecule has 1 amide bonds. The highest BCUT2D eigenvalue weighted by Crippen LogP contribution is 2.27. The molecule has 1 atom stereocenters. The van der Waals surface area contributed by atoms with Crippen LogP contribution in [-0.4, -0.2) is 38.4 Å². The number of benzene rings is 1. The first-order valence-electron chi connectivity index (χ1n) is 8.94. The van der Waals surface area contributed by atoms with Gasteiger partial charge in [0.25, 0.3) is 0 Å². The maximum absolute atomic E-state index is 12.6. The lowest BCUT2D eigenvalue weighted by molar-refractivity contribution is -0.130. The predicted octanol–water partition coefficient (Wildman–Crippen LogP) is 3.16. The minimum Gasteiger partial charge on any atom is -0.361 e. The van der Waals surface area contributed by atoms with Gasteiger partial charge in [0.15, 0.2) is 0 Å². The van der Waals surface area contributed by atoms with Gasteiger partial charge in [0, 0.05) is 55.8 Å². The Balaban J connectivity index is 1.38. The highest BCUT2D eigenvalue weighted by Gasteiger charge is 2.29. The van der Waals surface area contributed by atoms with E-state index in [0.29, 0.717) is 12.3 Å². The molecule has 1 saturated heterocycles. The number of likely N-dealkylation sites (tertiary alicyclic amines) is 1. The summed E-state index contributed by atoms with van der Waals surface area (Å²) in [6.07, 6.45) is 6.43. The molecule has 5 nitrogen and oxygen atoms in total. The van der Waals surface area contributed by atoms with Crippen molar-refractivity contribution >= 4 is 16.8 Å². The highest BCUT2D eigenvalue weighted by atomic mass is 16.2. The van der Waals surface area contributed by atoms with Crippen LogP contribution in [-0.2, 0) is 18.3 Å². The van der Waals surface area contributed by atoms with Crippen LogP contribution in [0.1, 0.15) is 35.8 Å². The van der Waals surface area contributed by atoms with E-state index in [4.69, 9.17) is 0 Å². The fourth-order valence-corrected chi connectivity index (χ4v) is 3.95. The van der Waals surface area contributed by atoms with Gasteiger partial charge in [0.05, 0.1) is 5.69 Å². The summed E-state index contributed by atoms with van der Waals surface area (Å²) < 4.78 is 2.10. The number of carbonyl (C=O) groups is 1. The molecule has 0 radical (unpaired) electrons. The number of aryl methyl sites for hydroxylation is 3. The molecule has 1 N–H and O–H groups in total. The number of amides is 1. The van der Waals surface area contributed by atoms with Crippen LogP contribution in [0.4, 0.5) is 0 Å². The molecule has 5 heteroatoms. The molecule has 0 bridgehead atoms. The third-order valence-corrected chi connectivity index (χ3v) is 5.22. The number of nitrogens with one attached hydrogen (secondary N) is 1. The molecular formula is C20H24N4O. The number of nitrogens with zero attached hydrogens (tertiary/aromatic N) is 3. The molecule has 3 aromatic rings. The van der Waals surface area contributed by atoms with Gasteiger partial charge >= 0.3 is 0 Å². The molecule has 1 fully saturated rings. The van der Waals surface area contributed by atoms with Crippen molar-refractivity contribution in [2.75, 3.05) is 13.1 Å². The zero-order chi connectivity index (χ0) is 17.4. The summed E-state index contributed by atoms with van der Waals surface area (Å²) in [5.74, 6) is 1.71. The standard InChI is InChI=1S/C20H24N4O/c1-14-12-23(2)20(22-14)16-9-10-24(13-16)19(25)8-7-15-11-21-18-6-4-3-5-17(15)18/h3-6,11-12,16,21H,7-10,13H2,1-2H3. The molecule has 1 aromatic carbocycles. The van der Waals surface area contributed by atoms with Gasteiger partial charge < -0.3 is 14.5 Å². The van der Waals surface area contributed by atoms with Gasteiger partial charge in [0.1, 0.15) is 5.82 Å². The smallest absolute Gasteiger partial charge is 0.222 e. The van der Waals surface area contributed by atoms with Crippen LogP contribution in [0.5, 0.6) is 0 Å². The topological polar surface area (TPSA) is 53.9 Å². The second kappa shape index (κ2) is 6.39. The largest absolute Gasteiger partial charge is 0.361 e. The Morgan fingerprint density at radius 3 is 3.00 bits per heavy atom. The van der Waals surface area contributed by atoms with Crippen molar-refractivity contribution in [3.05, 3.63) is 53.7 Å². The first-order valence-corrected chi connectivity index (χ1v) is 8.94. The molecule has 0 spiro atoms. The summed E-state index contributed by atoms with van der Waals surface area (Å²) in [5.41, 5.74) is 3.40. The molecule has 1 aliphatic rings. The van der Waals surface area contributed by atoms with E-state index in [-0.39, 0.29) is 5.91 Å². The number of imidazole rings is 1. The number of hydrogen-bond donors (Lipinski definition) is 1. The monoisotopic (exact) mass is 336 g/mol. The molecule has 130 valence electrons. The van der Waals surface area contributed by atoms with Gasteiger partial charge in [-0.25, -0.2) is 4.98 Å². The van der Waals surface area contributed by atoms with Gasteiger partial charge in [-0.2, -0.15) is 0 Å². The molecule has 0 aliphatic carbocycles. The average molecular weight is 336 g/mol. The summed E-state index contributed by atoms with van der Waals surface area (Å²) in [6, 6.07) is 8.25. The number of aromatic nitrogens is 3. The van der Waals surface area contributed by atoms with Gasteiger partial charge in [-0.3, -0.25) is 4.79 Å². The molecular weight excluding hydrogens is 312 g/mol. The summed E-state index contributed by atoms with van der Waals surface area (Å²) in [7, 11) is 2.04. The molecule has 4 rings (SSSR count). The van der Waals surface area contributed by atoms with Crippen molar-refractivity contribution in [3.8, 4) is 0 Å². The SMILES string of the molecule is Cc1cn(C)c(C2CCN(C(=O)CCc3c[nH]c4ccccc34)C2)n1. The fourth-order valence-electron chi connectivity index (χ4n) is 3.95. The number of aromatic amines is 1. The van der Waals surface area contributed by atoms with Gasteiger partial charge in [-0.05, 0) is 31.4 Å². The highest BCUT2D eigenvalue weighted by molar-refractivity contribution is 5.84. The maximum Gasteiger partial charge on any atom is 0.222 e. The van der Waals surface area contributed by atoms with E-state index in [9.17, 15) is 4.79 Å². The zero-order valence-electron chi connectivity index (χ0n) is 14.8. The Morgan fingerprint density at radius 1 is 1.36 bits per heavy atom. The first-order chi connectivity index (χ1) is 12.1. The van der Waals surface area contributed by atoms with E-state index in [1.807, 2.05) is 37.2 Å². The van der Waals surface area contributed by atoms with Crippen LogP contribution >= 0.6 is 0 Å². The average Bonchev–Trinajstić information content (AvgIpc) is 3.31. The molecule has 0 saturated carbocycles. The van der Waals surface area contributed by atoms with Crippen molar-refractivity contribution in [3.63, 3.8) is 0 Å². The number of carbonyl (C=O) groups excluding carboxylic acids is 1. The van der Waals surface area contributed by atoms with Crippen LogP contribution in [0.2, 0.25) is 0 Å². The summed E-state index contributed by atoms with van der Waals surface area (Å²) in [4.78, 5) is 22.5. The Bertz CT molecular complexity index is 907. The lowest BCUT2D eigenvalue weighted by Crippen LogP contribution is -2.28. The van der Waals surface area contributed by atoms with E-state index in [2.05, 4.69) is 32.9 Å². The van der Waals surface area contributed by atoms with Crippen molar-refractivity contribution < 1.29 is 4.79 Å². The van der Waals surface area contributed by atoms with Crippen molar-refractivity contribution in [1.29, 1.82) is 0 Å². The van der Waals surface area contributed by atoms with E-state index in [1.54, 1.807) is 0 Å². The van der Waals surface area contributed by atoms with Crippen LogP contribution in [0, 0.1) is 6.92 Å². The third-order valence-electron chi connectivity index (χ3n) is 5.22. The third kappa shape index (κ3) is 3.06. The van der Waals surface area contributed by atoms with E-state index in [1.165, 1.54) is 10.9 Å². The summed E-state index contributed by atoms with van der Waals surface area (Å²) in [6.45, 7) is 3.64.